The Kier molecular flexibility index (Phi) is 5.98. The van der Waals surface area contributed by atoms with E-state index in [2.05, 4.69) is 22.2 Å². The molecule has 8 nitrogen and oxygen atoms in total. The molecule has 0 saturated carbocycles. The van der Waals surface area contributed by atoms with E-state index in [0.717, 1.165) is 0 Å². The Morgan fingerprint density at radius 1 is 0.778 bits per heavy atom. The van der Waals surface area contributed by atoms with Crippen LogP contribution >= 0.6 is 0 Å². The molecule has 3 aromatic carbocycles. The first-order valence-electron chi connectivity index (χ1n) is 11.1. The molecule has 0 spiro atoms. The minimum atomic E-state index is -0.342. The summed E-state index contributed by atoms with van der Waals surface area (Å²) in [6, 6.07) is 24.7. The zero-order chi connectivity index (χ0) is 25.1. The van der Waals surface area contributed by atoms with Crippen molar-refractivity contribution < 1.29 is 9.59 Å². The number of hydrogen-bond acceptors (Lipinski definition) is 4. The van der Waals surface area contributed by atoms with Crippen LogP contribution < -0.4 is 16.3 Å². The van der Waals surface area contributed by atoms with Crippen LogP contribution in [0.2, 0.25) is 0 Å². The lowest BCUT2D eigenvalue weighted by molar-refractivity contribution is -0.111. The molecule has 8 heteroatoms. The van der Waals surface area contributed by atoms with Gasteiger partial charge in [0.15, 0.2) is 0 Å². The minimum absolute atomic E-state index is 0.218. The molecule has 176 valence electrons. The Morgan fingerprint density at radius 2 is 1.53 bits per heavy atom. The van der Waals surface area contributed by atoms with E-state index >= 15 is 0 Å². The second-order valence-corrected chi connectivity index (χ2v) is 7.93. The average molecular weight is 476 g/mol. The number of pyridine rings is 1. The number of amides is 2. The molecule has 0 unspecified atom stereocenters. The van der Waals surface area contributed by atoms with Gasteiger partial charge in [-0.1, -0.05) is 30.8 Å². The SMILES string of the molecule is C=CC(=O)Nc1cccc(-n2c(=O)n(-c3ccc(NC(=O)c4ccccc4)cc3)c3cnccc32)c1. The molecular formula is C28H21N5O3. The van der Waals surface area contributed by atoms with Gasteiger partial charge in [-0.2, -0.15) is 0 Å². The first-order valence-corrected chi connectivity index (χ1v) is 11.1. The van der Waals surface area contributed by atoms with Gasteiger partial charge >= 0.3 is 5.69 Å². The number of hydrogen-bond donors (Lipinski definition) is 2. The highest BCUT2D eigenvalue weighted by Crippen LogP contribution is 2.23. The normalized spacial score (nSPS) is 10.7. The molecule has 2 N–H and O–H groups in total. The van der Waals surface area contributed by atoms with Crippen molar-refractivity contribution in [2.24, 2.45) is 0 Å². The van der Waals surface area contributed by atoms with E-state index in [-0.39, 0.29) is 17.5 Å². The number of nitrogens with zero attached hydrogens (tertiary/aromatic N) is 3. The van der Waals surface area contributed by atoms with Crippen LogP contribution in [0.5, 0.6) is 0 Å². The van der Waals surface area contributed by atoms with Gasteiger partial charge in [-0.25, -0.2) is 4.79 Å². The maximum absolute atomic E-state index is 13.7. The second kappa shape index (κ2) is 9.55. The molecule has 2 heterocycles. The highest BCUT2D eigenvalue weighted by Gasteiger charge is 2.17. The number of fused-ring (bicyclic) bond motifs is 1. The summed E-state index contributed by atoms with van der Waals surface area (Å²) in [6.07, 6.45) is 4.43. The smallest absolute Gasteiger partial charge is 0.322 e. The third-order valence-corrected chi connectivity index (χ3v) is 5.62. The van der Waals surface area contributed by atoms with Gasteiger partial charge in [0, 0.05) is 23.1 Å². The number of aromatic nitrogens is 3. The van der Waals surface area contributed by atoms with Gasteiger partial charge < -0.3 is 10.6 Å². The number of benzene rings is 3. The van der Waals surface area contributed by atoms with Crippen LogP contribution in [-0.2, 0) is 4.79 Å². The third-order valence-electron chi connectivity index (χ3n) is 5.62. The molecule has 2 amide bonds. The predicted molar refractivity (Wildman–Crippen MR) is 140 cm³/mol. The largest absolute Gasteiger partial charge is 0.338 e. The molecule has 0 bridgehead atoms. The maximum Gasteiger partial charge on any atom is 0.338 e. The monoisotopic (exact) mass is 475 g/mol. The quantitative estimate of drug-likeness (QED) is 0.352. The van der Waals surface area contributed by atoms with Crippen LogP contribution in [0.1, 0.15) is 10.4 Å². The highest BCUT2D eigenvalue weighted by atomic mass is 16.2. The van der Waals surface area contributed by atoms with Gasteiger partial charge in [-0.15, -0.1) is 0 Å². The van der Waals surface area contributed by atoms with Crippen LogP contribution in [0, 0.1) is 0 Å². The van der Waals surface area contributed by atoms with Crippen molar-refractivity contribution in [2.75, 3.05) is 10.6 Å². The summed E-state index contributed by atoms with van der Waals surface area (Å²) in [4.78, 5) is 42.1. The Bertz CT molecular complexity index is 1650. The van der Waals surface area contributed by atoms with E-state index in [9.17, 15) is 14.4 Å². The Hall–Kier alpha value is -5.24. The third kappa shape index (κ3) is 4.30. The molecule has 5 rings (SSSR count). The van der Waals surface area contributed by atoms with E-state index in [1.165, 1.54) is 6.08 Å². The van der Waals surface area contributed by atoms with Crippen LogP contribution in [-0.4, -0.2) is 25.9 Å². The van der Waals surface area contributed by atoms with Crippen LogP contribution in [0.25, 0.3) is 22.4 Å². The van der Waals surface area contributed by atoms with Crippen molar-refractivity contribution in [2.45, 2.75) is 0 Å². The van der Waals surface area contributed by atoms with Crippen molar-refractivity contribution in [1.82, 2.24) is 14.1 Å². The summed E-state index contributed by atoms with van der Waals surface area (Å²) < 4.78 is 3.12. The number of anilines is 2. The molecule has 0 fully saturated rings. The lowest BCUT2D eigenvalue weighted by Crippen LogP contribution is -2.22. The number of carbonyl (C=O) groups excluding carboxylic acids is 2. The van der Waals surface area contributed by atoms with Crippen molar-refractivity contribution in [3.8, 4) is 11.4 Å². The van der Waals surface area contributed by atoms with Gasteiger partial charge in [0.25, 0.3) is 5.91 Å². The molecule has 0 aliphatic rings. The molecular weight excluding hydrogens is 454 g/mol. The summed E-state index contributed by atoms with van der Waals surface area (Å²) in [5, 5.41) is 5.58. The number of imidazole rings is 1. The molecule has 2 aromatic heterocycles. The Labute approximate surface area is 206 Å². The maximum atomic E-state index is 13.7. The number of nitrogens with one attached hydrogen (secondary N) is 2. The fourth-order valence-electron chi connectivity index (χ4n) is 3.95. The highest BCUT2D eigenvalue weighted by molar-refractivity contribution is 6.04. The molecule has 5 aromatic rings. The fraction of sp³-hybridized carbons (Fsp3) is 0. The summed E-state index contributed by atoms with van der Waals surface area (Å²) >= 11 is 0. The minimum Gasteiger partial charge on any atom is -0.322 e. The number of rotatable bonds is 6. The van der Waals surface area contributed by atoms with Crippen molar-refractivity contribution >= 4 is 34.2 Å². The average Bonchev–Trinajstić information content (AvgIpc) is 3.21. The molecule has 0 aliphatic heterocycles. The summed E-state index contributed by atoms with van der Waals surface area (Å²) in [6.45, 7) is 3.47. The van der Waals surface area contributed by atoms with Gasteiger partial charge in [0.1, 0.15) is 0 Å². The summed E-state index contributed by atoms with van der Waals surface area (Å²) in [5.74, 6) is -0.560. The van der Waals surface area contributed by atoms with Crippen molar-refractivity contribution in [3.05, 3.63) is 126 Å². The predicted octanol–water partition coefficient (Wildman–Crippen LogP) is 4.55. The lowest BCUT2D eigenvalue weighted by atomic mass is 10.2. The van der Waals surface area contributed by atoms with Crippen molar-refractivity contribution in [3.63, 3.8) is 0 Å². The van der Waals surface area contributed by atoms with Crippen molar-refractivity contribution in [1.29, 1.82) is 0 Å². The van der Waals surface area contributed by atoms with Crippen LogP contribution in [0.3, 0.4) is 0 Å². The zero-order valence-electron chi connectivity index (χ0n) is 19.1. The fourth-order valence-corrected chi connectivity index (χ4v) is 3.95. The lowest BCUT2D eigenvalue weighted by Gasteiger charge is -2.08. The van der Waals surface area contributed by atoms with Gasteiger partial charge in [0.05, 0.1) is 28.6 Å². The Balaban J connectivity index is 1.53. The molecule has 36 heavy (non-hydrogen) atoms. The van der Waals surface area contributed by atoms with E-state index in [0.29, 0.717) is 39.3 Å². The van der Waals surface area contributed by atoms with Crippen LogP contribution in [0.15, 0.2) is 115 Å². The summed E-state index contributed by atoms with van der Waals surface area (Å²) in [7, 11) is 0. The molecule has 0 radical (unpaired) electrons. The molecule has 0 aliphatic carbocycles. The van der Waals surface area contributed by atoms with Gasteiger partial charge in [-0.05, 0) is 66.7 Å². The Morgan fingerprint density at radius 3 is 2.28 bits per heavy atom. The summed E-state index contributed by atoms with van der Waals surface area (Å²) in [5.41, 5.74) is 3.87. The zero-order valence-corrected chi connectivity index (χ0v) is 19.1. The van der Waals surface area contributed by atoms with Crippen LogP contribution in [0.4, 0.5) is 11.4 Å². The van der Waals surface area contributed by atoms with E-state index in [1.54, 1.807) is 100 Å². The van der Waals surface area contributed by atoms with Gasteiger partial charge in [-0.3, -0.25) is 23.7 Å². The topological polar surface area (TPSA) is 98.0 Å². The van der Waals surface area contributed by atoms with E-state index < -0.39 is 0 Å². The standard InChI is InChI=1S/C28H21N5O3/c1-2-26(34)30-21-9-6-10-23(17-21)33-24-15-16-29-18-25(24)32(28(33)36)22-13-11-20(12-14-22)31-27(35)19-7-4-3-5-8-19/h2-18H,1H2,(H,30,34)(H,31,35). The first-order chi connectivity index (χ1) is 17.5. The molecule has 0 saturated heterocycles. The van der Waals surface area contributed by atoms with Gasteiger partial charge in [0.2, 0.25) is 5.91 Å². The number of carbonyl (C=O) groups is 2. The first kappa shape index (κ1) is 22.5. The molecule has 0 atom stereocenters. The van der Waals surface area contributed by atoms with E-state index in [1.807, 2.05) is 6.07 Å². The van der Waals surface area contributed by atoms with E-state index in [4.69, 9.17) is 0 Å². The second-order valence-electron chi connectivity index (χ2n) is 7.93.